The highest BCUT2D eigenvalue weighted by molar-refractivity contribution is 9.10. The Kier molecular flexibility index (Phi) is 3.79. The molecule has 0 aliphatic rings. The van der Waals surface area contributed by atoms with Crippen molar-refractivity contribution in [2.75, 3.05) is 6.54 Å². The predicted molar refractivity (Wildman–Crippen MR) is 67.3 cm³/mol. The molecule has 1 aromatic carbocycles. The minimum Gasteiger partial charge on any atom is -0.507 e. The molecule has 0 aromatic heterocycles. The van der Waals surface area contributed by atoms with Gasteiger partial charge in [-0.25, -0.2) is 0 Å². The molecule has 15 heavy (non-hydrogen) atoms. The fraction of sp³-hybridized carbons (Fsp3) is 0.500. The van der Waals surface area contributed by atoms with Crippen molar-refractivity contribution in [3.05, 3.63) is 27.7 Å². The molecule has 0 radical (unpaired) electrons. The second-order valence-electron chi connectivity index (χ2n) is 4.75. The minimum absolute atomic E-state index is 0.0583. The van der Waals surface area contributed by atoms with Crippen LogP contribution in [0.1, 0.15) is 31.9 Å². The molecule has 0 unspecified atom stereocenters. The first-order valence-electron chi connectivity index (χ1n) is 5.08. The molecule has 0 aliphatic carbocycles. The molecule has 0 fully saturated rings. The van der Waals surface area contributed by atoms with Gasteiger partial charge in [-0.2, -0.15) is 0 Å². The van der Waals surface area contributed by atoms with Gasteiger partial charge in [0.15, 0.2) is 0 Å². The monoisotopic (exact) mass is 271 g/mol. The average molecular weight is 272 g/mol. The molecule has 0 amide bonds. The van der Waals surface area contributed by atoms with Crippen LogP contribution < -0.4 is 5.73 Å². The van der Waals surface area contributed by atoms with E-state index in [1.165, 1.54) is 0 Å². The van der Waals surface area contributed by atoms with Crippen LogP contribution >= 0.6 is 15.9 Å². The van der Waals surface area contributed by atoms with E-state index in [9.17, 15) is 5.11 Å². The lowest BCUT2D eigenvalue weighted by Crippen LogP contribution is -2.13. The Balaban J connectivity index is 3.28. The van der Waals surface area contributed by atoms with Gasteiger partial charge in [-0.15, -0.1) is 0 Å². The maximum absolute atomic E-state index is 10.1. The van der Waals surface area contributed by atoms with E-state index in [1.807, 2.05) is 12.1 Å². The molecule has 2 nitrogen and oxygen atoms in total. The summed E-state index contributed by atoms with van der Waals surface area (Å²) in [4.78, 5) is 0. The normalized spacial score (nSPS) is 11.8. The van der Waals surface area contributed by atoms with Gasteiger partial charge in [0.2, 0.25) is 0 Å². The number of phenolic OH excluding ortho intramolecular Hbond substituents is 1. The number of phenols is 1. The number of nitrogens with two attached hydrogens (primary N) is 1. The Labute approximate surface area is 99.6 Å². The van der Waals surface area contributed by atoms with Crippen LogP contribution in [-0.4, -0.2) is 11.7 Å². The molecule has 0 saturated heterocycles. The van der Waals surface area contributed by atoms with E-state index < -0.39 is 0 Å². The Morgan fingerprint density at radius 1 is 1.33 bits per heavy atom. The van der Waals surface area contributed by atoms with Crippen molar-refractivity contribution in [2.45, 2.75) is 32.6 Å². The summed E-state index contributed by atoms with van der Waals surface area (Å²) in [5.74, 6) is 0.385. The van der Waals surface area contributed by atoms with E-state index >= 15 is 0 Å². The number of halogens is 1. The highest BCUT2D eigenvalue weighted by Gasteiger charge is 2.20. The smallest absolute Gasteiger partial charge is 0.122 e. The van der Waals surface area contributed by atoms with Gasteiger partial charge >= 0.3 is 0 Å². The van der Waals surface area contributed by atoms with Crippen molar-refractivity contribution < 1.29 is 5.11 Å². The summed E-state index contributed by atoms with van der Waals surface area (Å²) in [6.07, 6.45) is 0.703. The molecule has 3 N–H and O–H groups in total. The number of rotatable bonds is 2. The average Bonchev–Trinajstić information content (AvgIpc) is 2.09. The van der Waals surface area contributed by atoms with Crippen molar-refractivity contribution >= 4 is 15.9 Å². The molecule has 1 rings (SSSR count). The molecule has 84 valence electrons. The van der Waals surface area contributed by atoms with E-state index in [2.05, 4.69) is 36.7 Å². The van der Waals surface area contributed by atoms with Crippen molar-refractivity contribution in [1.29, 1.82) is 0 Å². The van der Waals surface area contributed by atoms with E-state index in [4.69, 9.17) is 5.73 Å². The molecule has 1 aromatic rings. The number of benzene rings is 1. The summed E-state index contributed by atoms with van der Waals surface area (Å²) in [6.45, 7) is 6.80. The third-order valence-corrected chi connectivity index (χ3v) is 2.83. The van der Waals surface area contributed by atoms with E-state index in [-0.39, 0.29) is 5.41 Å². The van der Waals surface area contributed by atoms with Crippen LogP contribution in [0.15, 0.2) is 16.6 Å². The van der Waals surface area contributed by atoms with Crippen LogP contribution in [0.4, 0.5) is 0 Å². The second-order valence-corrected chi connectivity index (χ2v) is 5.67. The third-order valence-electron chi connectivity index (χ3n) is 2.38. The molecule has 0 bridgehead atoms. The quantitative estimate of drug-likeness (QED) is 0.869. The zero-order valence-corrected chi connectivity index (χ0v) is 11.1. The van der Waals surface area contributed by atoms with Gasteiger partial charge in [0, 0.05) is 10.0 Å². The Hall–Kier alpha value is -0.540. The van der Waals surface area contributed by atoms with Gasteiger partial charge in [0.05, 0.1) is 0 Å². The van der Waals surface area contributed by atoms with Crippen LogP contribution in [-0.2, 0) is 11.8 Å². The maximum atomic E-state index is 10.1. The molecule has 0 heterocycles. The Morgan fingerprint density at radius 3 is 2.40 bits per heavy atom. The van der Waals surface area contributed by atoms with Crippen LogP contribution in [0.25, 0.3) is 0 Å². The van der Waals surface area contributed by atoms with Crippen molar-refractivity contribution in [3.8, 4) is 5.75 Å². The van der Waals surface area contributed by atoms with E-state index in [0.29, 0.717) is 18.7 Å². The standard InChI is InChI=1S/C12H18BrNO/c1-12(2,3)10-7-9(13)6-8(4-5-14)11(10)15/h6-7,15H,4-5,14H2,1-3H3. The molecular weight excluding hydrogens is 254 g/mol. The van der Waals surface area contributed by atoms with Crippen LogP contribution in [0.3, 0.4) is 0 Å². The lowest BCUT2D eigenvalue weighted by atomic mass is 9.85. The van der Waals surface area contributed by atoms with Gasteiger partial charge in [-0.3, -0.25) is 0 Å². The number of hydrogen-bond donors (Lipinski definition) is 2. The van der Waals surface area contributed by atoms with E-state index in [1.54, 1.807) is 0 Å². The van der Waals surface area contributed by atoms with Crippen LogP contribution in [0, 0.1) is 0 Å². The molecule has 0 atom stereocenters. The Morgan fingerprint density at radius 2 is 1.93 bits per heavy atom. The van der Waals surface area contributed by atoms with Gasteiger partial charge in [-0.05, 0) is 36.1 Å². The fourth-order valence-electron chi connectivity index (χ4n) is 1.57. The van der Waals surface area contributed by atoms with Crippen LogP contribution in [0.5, 0.6) is 5.75 Å². The molecule has 0 saturated carbocycles. The molecule has 0 spiro atoms. The fourth-order valence-corrected chi connectivity index (χ4v) is 2.08. The molecule has 0 aliphatic heterocycles. The Bertz CT molecular complexity index is 355. The van der Waals surface area contributed by atoms with Gasteiger partial charge in [-0.1, -0.05) is 36.7 Å². The zero-order valence-electron chi connectivity index (χ0n) is 9.47. The van der Waals surface area contributed by atoms with Crippen molar-refractivity contribution in [1.82, 2.24) is 0 Å². The first-order chi connectivity index (χ1) is 6.86. The first kappa shape index (κ1) is 12.5. The number of hydrogen-bond acceptors (Lipinski definition) is 2. The summed E-state index contributed by atoms with van der Waals surface area (Å²) in [6, 6.07) is 3.90. The SMILES string of the molecule is CC(C)(C)c1cc(Br)cc(CCN)c1O. The first-order valence-corrected chi connectivity index (χ1v) is 5.87. The topological polar surface area (TPSA) is 46.2 Å². The minimum atomic E-state index is -0.0583. The summed E-state index contributed by atoms with van der Waals surface area (Å²) in [5, 5.41) is 10.1. The van der Waals surface area contributed by atoms with Crippen LogP contribution in [0.2, 0.25) is 0 Å². The molecule has 3 heteroatoms. The highest BCUT2D eigenvalue weighted by Crippen LogP contribution is 2.35. The summed E-state index contributed by atoms with van der Waals surface area (Å²) >= 11 is 3.46. The lowest BCUT2D eigenvalue weighted by Gasteiger charge is -2.22. The lowest BCUT2D eigenvalue weighted by molar-refractivity contribution is 0.440. The van der Waals surface area contributed by atoms with Gasteiger partial charge in [0.1, 0.15) is 5.75 Å². The van der Waals surface area contributed by atoms with Crippen molar-refractivity contribution in [3.63, 3.8) is 0 Å². The number of aromatic hydroxyl groups is 1. The predicted octanol–water partition coefficient (Wildman–Crippen LogP) is 2.95. The van der Waals surface area contributed by atoms with Gasteiger partial charge < -0.3 is 10.8 Å². The zero-order chi connectivity index (χ0) is 11.6. The summed E-state index contributed by atoms with van der Waals surface area (Å²) < 4.78 is 0.994. The summed E-state index contributed by atoms with van der Waals surface area (Å²) in [7, 11) is 0. The van der Waals surface area contributed by atoms with E-state index in [0.717, 1.165) is 15.6 Å². The maximum Gasteiger partial charge on any atom is 0.122 e. The van der Waals surface area contributed by atoms with Gasteiger partial charge in [0.25, 0.3) is 0 Å². The second kappa shape index (κ2) is 4.54. The van der Waals surface area contributed by atoms with Crippen molar-refractivity contribution in [2.24, 2.45) is 5.73 Å². The summed E-state index contributed by atoms with van der Waals surface area (Å²) in [5.41, 5.74) is 7.33. The highest BCUT2D eigenvalue weighted by atomic mass is 79.9. The largest absolute Gasteiger partial charge is 0.507 e. The molecular formula is C12H18BrNO. The third kappa shape index (κ3) is 2.95.